The predicted octanol–water partition coefficient (Wildman–Crippen LogP) is 4.82. The van der Waals surface area contributed by atoms with Crippen molar-refractivity contribution in [3.63, 3.8) is 0 Å². The fraction of sp³-hybridized carbons (Fsp3) is 0.143. The Hall–Kier alpha value is -2.38. The van der Waals surface area contributed by atoms with Crippen molar-refractivity contribution in [1.82, 2.24) is 0 Å². The average Bonchev–Trinajstić information content (AvgIpc) is 2.62. The van der Waals surface area contributed by atoms with Gasteiger partial charge in [-0.3, -0.25) is 0 Å². The van der Waals surface area contributed by atoms with Crippen LogP contribution in [0.5, 0.6) is 0 Å². The second kappa shape index (κ2) is 6.59. The highest BCUT2D eigenvalue weighted by atomic mass is 16.5. The van der Waals surface area contributed by atoms with Gasteiger partial charge in [0.2, 0.25) is 0 Å². The molecule has 0 fully saturated rings. The van der Waals surface area contributed by atoms with Crippen LogP contribution < -0.4 is 0 Å². The maximum Gasteiger partial charge on any atom is 0.122 e. The lowest BCUT2D eigenvalue weighted by molar-refractivity contribution is 0.0222. The van der Waals surface area contributed by atoms with Gasteiger partial charge in [0.15, 0.2) is 0 Å². The van der Waals surface area contributed by atoms with E-state index in [-0.39, 0.29) is 0 Å². The fourth-order valence-electron chi connectivity index (χ4n) is 2.98. The lowest BCUT2D eigenvalue weighted by atomic mass is 9.81. The van der Waals surface area contributed by atoms with Gasteiger partial charge < -0.3 is 4.74 Å². The van der Waals surface area contributed by atoms with Crippen LogP contribution >= 0.6 is 0 Å². The summed E-state index contributed by atoms with van der Waals surface area (Å²) < 4.78 is 6.11. The third-order valence-electron chi connectivity index (χ3n) is 4.12. The fourth-order valence-corrected chi connectivity index (χ4v) is 2.98. The standard InChI is InChI=1S/C21H20O/c1-22-21(19-13-7-3-8-14-19,20-15-9-4-10-16-20)17-18-11-5-2-6-12-18/h2-16H,17H2,1H3. The van der Waals surface area contributed by atoms with E-state index in [0.29, 0.717) is 0 Å². The predicted molar refractivity (Wildman–Crippen MR) is 90.8 cm³/mol. The summed E-state index contributed by atoms with van der Waals surface area (Å²) in [5.74, 6) is 0. The molecule has 0 N–H and O–H groups in total. The van der Waals surface area contributed by atoms with Crippen molar-refractivity contribution in [3.05, 3.63) is 108 Å². The molecule has 0 heterocycles. The third-order valence-corrected chi connectivity index (χ3v) is 4.12. The first-order valence-corrected chi connectivity index (χ1v) is 7.55. The Labute approximate surface area is 132 Å². The molecule has 3 aromatic rings. The quantitative estimate of drug-likeness (QED) is 0.654. The van der Waals surface area contributed by atoms with Crippen molar-refractivity contribution in [3.8, 4) is 0 Å². The third kappa shape index (κ3) is 2.81. The molecule has 22 heavy (non-hydrogen) atoms. The van der Waals surface area contributed by atoms with E-state index in [1.807, 2.05) is 18.2 Å². The van der Waals surface area contributed by atoms with Gasteiger partial charge in [-0.25, -0.2) is 0 Å². The minimum atomic E-state index is -0.468. The molecule has 0 atom stereocenters. The van der Waals surface area contributed by atoms with Crippen LogP contribution in [0, 0.1) is 0 Å². The smallest absolute Gasteiger partial charge is 0.122 e. The van der Waals surface area contributed by atoms with E-state index < -0.39 is 5.60 Å². The maximum atomic E-state index is 6.11. The second-order valence-corrected chi connectivity index (χ2v) is 5.43. The average molecular weight is 288 g/mol. The number of methoxy groups -OCH3 is 1. The van der Waals surface area contributed by atoms with E-state index in [0.717, 1.165) is 6.42 Å². The van der Waals surface area contributed by atoms with Gasteiger partial charge >= 0.3 is 0 Å². The Morgan fingerprint density at radius 3 is 1.45 bits per heavy atom. The summed E-state index contributed by atoms with van der Waals surface area (Å²) in [4.78, 5) is 0. The van der Waals surface area contributed by atoms with Crippen molar-refractivity contribution >= 4 is 0 Å². The van der Waals surface area contributed by atoms with Gasteiger partial charge in [0.1, 0.15) is 5.60 Å². The molecule has 0 aliphatic rings. The van der Waals surface area contributed by atoms with E-state index in [1.165, 1.54) is 16.7 Å². The summed E-state index contributed by atoms with van der Waals surface area (Å²) in [6.45, 7) is 0. The van der Waals surface area contributed by atoms with Crippen LogP contribution in [0.15, 0.2) is 91.0 Å². The van der Waals surface area contributed by atoms with Crippen LogP contribution in [0.25, 0.3) is 0 Å². The summed E-state index contributed by atoms with van der Waals surface area (Å²) in [7, 11) is 1.79. The lowest BCUT2D eigenvalue weighted by Gasteiger charge is -2.34. The minimum absolute atomic E-state index is 0.468. The van der Waals surface area contributed by atoms with Crippen molar-refractivity contribution in [2.75, 3.05) is 7.11 Å². The van der Waals surface area contributed by atoms with Crippen LogP contribution in [0.1, 0.15) is 16.7 Å². The normalized spacial score (nSPS) is 11.3. The van der Waals surface area contributed by atoms with Crippen LogP contribution in [0.4, 0.5) is 0 Å². The van der Waals surface area contributed by atoms with Gasteiger partial charge in [0.25, 0.3) is 0 Å². The second-order valence-electron chi connectivity index (χ2n) is 5.43. The Morgan fingerprint density at radius 2 is 1.05 bits per heavy atom. The number of hydrogen-bond acceptors (Lipinski definition) is 1. The van der Waals surface area contributed by atoms with E-state index in [1.54, 1.807) is 7.11 Å². The molecule has 0 unspecified atom stereocenters. The molecule has 3 aromatic carbocycles. The zero-order valence-corrected chi connectivity index (χ0v) is 12.8. The van der Waals surface area contributed by atoms with E-state index in [2.05, 4.69) is 72.8 Å². The van der Waals surface area contributed by atoms with Crippen LogP contribution in [0.3, 0.4) is 0 Å². The van der Waals surface area contributed by atoms with E-state index in [4.69, 9.17) is 4.74 Å². The van der Waals surface area contributed by atoms with Crippen LogP contribution in [-0.2, 0) is 16.8 Å². The van der Waals surface area contributed by atoms with Crippen LogP contribution in [-0.4, -0.2) is 7.11 Å². The lowest BCUT2D eigenvalue weighted by Crippen LogP contribution is -2.32. The summed E-state index contributed by atoms with van der Waals surface area (Å²) in [5.41, 5.74) is 3.14. The van der Waals surface area contributed by atoms with Gasteiger partial charge in [-0.05, 0) is 16.7 Å². The first-order valence-electron chi connectivity index (χ1n) is 7.55. The highest BCUT2D eigenvalue weighted by Crippen LogP contribution is 2.36. The first-order chi connectivity index (χ1) is 10.8. The highest BCUT2D eigenvalue weighted by molar-refractivity contribution is 5.39. The van der Waals surface area contributed by atoms with Crippen molar-refractivity contribution in [1.29, 1.82) is 0 Å². The molecule has 1 heteroatoms. The number of ether oxygens (including phenoxy) is 1. The zero-order chi connectivity index (χ0) is 15.3. The van der Waals surface area contributed by atoms with E-state index >= 15 is 0 Å². The SMILES string of the molecule is COC(Cc1ccccc1)(c1ccccc1)c1ccccc1. The molecule has 0 radical (unpaired) electrons. The molecule has 3 rings (SSSR count). The van der Waals surface area contributed by atoms with Gasteiger partial charge in [-0.1, -0.05) is 91.0 Å². The summed E-state index contributed by atoms with van der Waals surface area (Å²) in [5, 5.41) is 0. The summed E-state index contributed by atoms with van der Waals surface area (Å²) in [6.07, 6.45) is 0.804. The Balaban J connectivity index is 2.13. The first kappa shape index (κ1) is 14.6. The maximum absolute atomic E-state index is 6.11. The monoisotopic (exact) mass is 288 g/mol. The van der Waals surface area contributed by atoms with Gasteiger partial charge in [-0.2, -0.15) is 0 Å². The van der Waals surface area contributed by atoms with Gasteiger partial charge in [0.05, 0.1) is 0 Å². The largest absolute Gasteiger partial charge is 0.368 e. The number of rotatable bonds is 5. The molecule has 0 bridgehead atoms. The van der Waals surface area contributed by atoms with Crippen molar-refractivity contribution in [2.45, 2.75) is 12.0 Å². The number of benzene rings is 3. The summed E-state index contributed by atoms with van der Waals surface area (Å²) >= 11 is 0. The molecule has 0 spiro atoms. The number of hydrogen-bond donors (Lipinski definition) is 0. The molecule has 0 aromatic heterocycles. The van der Waals surface area contributed by atoms with Gasteiger partial charge in [0, 0.05) is 13.5 Å². The molecule has 110 valence electrons. The van der Waals surface area contributed by atoms with Crippen LogP contribution in [0.2, 0.25) is 0 Å². The molecule has 0 amide bonds. The highest BCUT2D eigenvalue weighted by Gasteiger charge is 2.34. The molecule has 0 aliphatic carbocycles. The minimum Gasteiger partial charge on any atom is -0.368 e. The molecule has 0 saturated heterocycles. The Morgan fingerprint density at radius 1 is 0.636 bits per heavy atom. The molecule has 1 nitrogen and oxygen atoms in total. The Bertz CT molecular complexity index is 650. The topological polar surface area (TPSA) is 9.23 Å². The van der Waals surface area contributed by atoms with Crippen molar-refractivity contribution < 1.29 is 4.74 Å². The molecular formula is C21H20O. The van der Waals surface area contributed by atoms with Gasteiger partial charge in [-0.15, -0.1) is 0 Å². The van der Waals surface area contributed by atoms with E-state index in [9.17, 15) is 0 Å². The Kier molecular flexibility index (Phi) is 4.36. The summed E-state index contributed by atoms with van der Waals surface area (Å²) in [6, 6.07) is 31.4. The van der Waals surface area contributed by atoms with Crippen molar-refractivity contribution in [2.24, 2.45) is 0 Å². The zero-order valence-electron chi connectivity index (χ0n) is 12.8. The molecular weight excluding hydrogens is 268 g/mol. The molecule has 0 saturated carbocycles. The molecule has 0 aliphatic heterocycles.